The topological polar surface area (TPSA) is 20.2 Å². The summed E-state index contributed by atoms with van der Waals surface area (Å²) in [7, 11) is 0. The van der Waals surface area contributed by atoms with Crippen LogP contribution in [-0.4, -0.2) is 10.7 Å². The molecule has 0 aromatic carbocycles. The van der Waals surface area contributed by atoms with E-state index in [0.717, 1.165) is 24.2 Å². The zero-order valence-corrected chi connectivity index (χ0v) is 15.0. The maximum Gasteiger partial charge on any atom is 0.0734 e. The summed E-state index contributed by atoms with van der Waals surface area (Å²) in [5.74, 6) is 3.12. The lowest BCUT2D eigenvalue weighted by atomic mass is 9.43. The molecule has 0 amide bonds. The molecule has 7 atom stereocenters. The monoisotopic (exact) mass is 304 g/mol. The Morgan fingerprint density at radius 1 is 0.864 bits per heavy atom. The van der Waals surface area contributed by atoms with Crippen LogP contribution >= 0.6 is 0 Å². The van der Waals surface area contributed by atoms with Crippen molar-refractivity contribution in [1.29, 1.82) is 0 Å². The molecule has 1 unspecified atom stereocenters. The predicted molar refractivity (Wildman–Crippen MR) is 91.6 cm³/mol. The van der Waals surface area contributed by atoms with E-state index in [1.54, 1.807) is 0 Å². The van der Waals surface area contributed by atoms with Crippen LogP contribution < -0.4 is 0 Å². The Morgan fingerprint density at radius 3 is 2.45 bits per heavy atom. The van der Waals surface area contributed by atoms with Gasteiger partial charge < -0.3 is 5.11 Å². The third-order valence-electron chi connectivity index (χ3n) is 9.45. The van der Waals surface area contributed by atoms with Gasteiger partial charge in [-0.25, -0.2) is 0 Å². The van der Waals surface area contributed by atoms with Crippen molar-refractivity contribution in [2.24, 2.45) is 34.5 Å². The van der Waals surface area contributed by atoms with Gasteiger partial charge in [0.1, 0.15) is 0 Å². The first-order valence-corrected chi connectivity index (χ1v) is 10.2. The SMILES string of the molecule is CC[C@H]1CC[C@]2(O)[C@@H]3CCC4CCCC[C@]4(C)[C@H]3CC[C@]12C. The molecule has 0 aromatic rings. The van der Waals surface area contributed by atoms with Crippen molar-refractivity contribution in [3.8, 4) is 0 Å². The molecule has 0 spiro atoms. The van der Waals surface area contributed by atoms with Crippen LogP contribution in [0, 0.1) is 34.5 Å². The largest absolute Gasteiger partial charge is 0.389 e. The standard InChI is InChI=1S/C21H36O/c1-4-15-10-14-21(22)18-9-8-16-7-5-6-12-19(16,2)17(18)11-13-20(15,21)3/h15-18,22H,4-14H2,1-3H3/t15-,16?,17-,18+,19-,20+,21-/m0/s1. The Morgan fingerprint density at radius 2 is 1.68 bits per heavy atom. The maximum absolute atomic E-state index is 11.9. The molecule has 4 aliphatic carbocycles. The Labute approximate surface area is 137 Å². The third kappa shape index (κ3) is 1.75. The molecule has 0 aromatic heterocycles. The van der Waals surface area contributed by atoms with Gasteiger partial charge in [0.15, 0.2) is 0 Å². The van der Waals surface area contributed by atoms with Gasteiger partial charge in [-0.15, -0.1) is 0 Å². The van der Waals surface area contributed by atoms with Gasteiger partial charge in [-0.3, -0.25) is 0 Å². The molecular weight excluding hydrogens is 268 g/mol. The first-order chi connectivity index (χ1) is 10.5. The molecule has 22 heavy (non-hydrogen) atoms. The zero-order chi connectivity index (χ0) is 15.6. The van der Waals surface area contributed by atoms with E-state index in [-0.39, 0.29) is 11.0 Å². The molecule has 1 N–H and O–H groups in total. The highest BCUT2D eigenvalue weighted by Crippen LogP contribution is 2.69. The maximum atomic E-state index is 11.9. The Hall–Kier alpha value is -0.0400. The van der Waals surface area contributed by atoms with Gasteiger partial charge in [0.25, 0.3) is 0 Å². The van der Waals surface area contributed by atoms with Gasteiger partial charge in [0, 0.05) is 0 Å². The second-order valence-electron chi connectivity index (χ2n) is 9.76. The van der Waals surface area contributed by atoms with Gasteiger partial charge >= 0.3 is 0 Å². The number of rotatable bonds is 1. The molecular formula is C21H36O. The van der Waals surface area contributed by atoms with Crippen molar-refractivity contribution in [1.82, 2.24) is 0 Å². The Kier molecular flexibility index (Phi) is 3.50. The van der Waals surface area contributed by atoms with Crippen molar-refractivity contribution < 1.29 is 5.11 Å². The molecule has 0 bridgehead atoms. The van der Waals surface area contributed by atoms with E-state index in [2.05, 4.69) is 20.8 Å². The summed E-state index contributed by atoms with van der Waals surface area (Å²) in [6.45, 7) is 7.39. The molecule has 1 heteroatoms. The molecule has 4 saturated carbocycles. The minimum atomic E-state index is -0.345. The van der Waals surface area contributed by atoms with Crippen molar-refractivity contribution >= 4 is 0 Å². The van der Waals surface area contributed by atoms with Crippen LogP contribution in [-0.2, 0) is 0 Å². The van der Waals surface area contributed by atoms with Crippen molar-refractivity contribution in [3.05, 3.63) is 0 Å². The lowest BCUT2D eigenvalue weighted by molar-refractivity contribution is -0.206. The molecule has 4 aliphatic rings. The minimum Gasteiger partial charge on any atom is -0.389 e. The van der Waals surface area contributed by atoms with E-state index in [4.69, 9.17) is 0 Å². The summed E-state index contributed by atoms with van der Waals surface area (Å²) >= 11 is 0. The Balaban J connectivity index is 1.69. The fraction of sp³-hybridized carbons (Fsp3) is 1.00. The minimum absolute atomic E-state index is 0.209. The molecule has 0 aliphatic heterocycles. The zero-order valence-electron chi connectivity index (χ0n) is 15.0. The van der Waals surface area contributed by atoms with Crippen molar-refractivity contribution in [3.63, 3.8) is 0 Å². The summed E-state index contributed by atoms with van der Waals surface area (Å²) in [6, 6.07) is 0. The number of aliphatic hydroxyl groups is 1. The van der Waals surface area contributed by atoms with Gasteiger partial charge in [0.05, 0.1) is 5.60 Å². The van der Waals surface area contributed by atoms with Crippen LogP contribution in [0.4, 0.5) is 0 Å². The normalized spacial score (nSPS) is 57.8. The number of fused-ring (bicyclic) bond motifs is 5. The average Bonchev–Trinajstić information content (AvgIpc) is 2.78. The summed E-state index contributed by atoms with van der Waals surface area (Å²) in [4.78, 5) is 0. The fourth-order valence-corrected chi connectivity index (χ4v) is 8.03. The van der Waals surface area contributed by atoms with Crippen LogP contribution in [0.2, 0.25) is 0 Å². The van der Waals surface area contributed by atoms with E-state index in [1.165, 1.54) is 64.2 Å². The quantitative estimate of drug-likeness (QED) is 0.672. The van der Waals surface area contributed by atoms with Crippen molar-refractivity contribution in [2.75, 3.05) is 0 Å². The second kappa shape index (κ2) is 4.98. The number of hydrogen-bond donors (Lipinski definition) is 1. The van der Waals surface area contributed by atoms with Crippen LogP contribution in [0.3, 0.4) is 0 Å². The van der Waals surface area contributed by atoms with Gasteiger partial charge in [-0.2, -0.15) is 0 Å². The smallest absolute Gasteiger partial charge is 0.0734 e. The molecule has 0 saturated heterocycles. The van der Waals surface area contributed by atoms with Gasteiger partial charge in [0.2, 0.25) is 0 Å². The number of hydrogen-bond acceptors (Lipinski definition) is 1. The lowest BCUT2D eigenvalue weighted by Crippen LogP contribution is -2.61. The molecule has 4 rings (SSSR count). The average molecular weight is 305 g/mol. The lowest BCUT2D eigenvalue weighted by Gasteiger charge is -2.63. The van der Waals surface area contributed by atoms with Gasteiger partial charge in [-0.05, 0) is 85.9 Å². The highest BCUT2D eigenvalue weighted by Gasteiger charge is 2.66. The first-order valence-electron chi connectivity index (χ1n) is 10.2. The summed E-state index contributed by atoms with van der Waals surface area (Å²) in [5, 5.41) is 11.9. The van der Waals surface area contributed by atoms with E-state index < -0.39 is 0 Å². The highest BCUT2D eigenvalue weighted by molar-refractivity contribution is 5.16. The van der Waals surface area contributed by atoms with E-state index in [0.29, 0.717) is 11.3 Å². The Bertz CT molecular complexity index is 445. The van der Waals surface area contributed by atoms with Gasteiger partial charge in [-0.1, -0.05) is 40.0 Å². The molecule has 126 valence electrons. The molecule has 0 radical (unpaired) electrons. The summed E-state index contributed by atoms with van der Waals surface area (Å²) in [6.07, 6.45) is 14.8. The van der Waals surface area contributed by atoms with E-state index in [9.17, 15) is 5.11 Å². The second-order valence-corrected chi connectivity index (χ2v) is 9.76. The molecule has 1 nitrogen and oxygen atoms in total. The molecule has 4 fully saturated rings. The fourth-order valence-electron chi connectivity index (χ4n) is 8.03. The van der Waals surface area contributed by atoms with Crippen LogP contribution in [0.25, 0.3) is 0 Å². The predicted octanol–water partition coefficient (Wildman–Crippen LogP) is 5.56. The van der Waals surface area contributed by atoms with E-state index in [1.807, 2.05) is 0 Å². The third-order valence-corrected chi connectivity index (χ3v) is 9.45. The summed E-state index contributed by atoms with van der Waals surface area (Å²) in [5.41, 5.74) is 0.408. The highest BCUT2D eigenvalue weighted by atomic mass is 16.3. The van der Waals surface area contributed by atoms with E-state index >= 15 is 0 Å². The summed E-state index contributed by atoms with van der Waals surface area (Å²) < 4.78 is 0. The van der Waals surface area contributed by atoms with Crippen LogP contribution in [0.5, 0.6) is 0 Å². The molecule has 0 heterocycles. The van der Waals surface area contributed by atoms with Crippen molar-refractivity contribution in [2.45, 2.75) is 97.0 Å². The van der Waals surface area contributed by atoms with Crippen LogP contribution in [0.1, 0.15) is 91.4 Å². The first kappa shape index (κ1) is 15.5. The van der Waals surface area contributed by atoms with Crippen LogP contribution in [0.15, 0.2) is 0 Å².